The van der Waals surface area contributed by atoms with E-state index in [0.29, 0.717) is 11.4 Å². The summed E-state index contributed by atoms with van der Waals surface area (Å²) in [7, 11) is -1.08. The van der Waals surface area contributed by atoms with Crippen molar-refractivity contribution >= 4 is 27.3 Å². The standard InChI is InChI=1S/C10H19N3O2S2/c1-4-5-8-9(11)10(13(2)12-8)16-6-7-17(3,14)15/h4-7,11H2,1-3H3. The molecule has 0 radical (unpaired) electrons. The zero-order valence-corrected chi connectivity index (χ0v) is 12.1. The van der Waals surface area contributed by atoms with Crippen LogP contribution in [0.25, 0.3) is 0 Å². The normalized spacial score (nSPS) is 11.9. The molecule has 0 bridgehead atoms. The summed E-state index contributed by atoms with van der Waals surface area (Å²) in [6, 6.07) is 0. The highest BCUT2D eigenvalue weighted by molar-refractivity contribution is 8.00. The number of rotatable bonds is 6. The molecule has 17 heavy (non-hydrogen) atoms. The van der Waals surface area contributed by atoms with E-state index in [-0.39, 0.29) is 5.75 Å². The number of hydrogen-bond acceptors (Lipinski definition) is 5. The third-order valence-electron chi connectivity index (χ3n) is 2.29. The van der Waals surface area contributed by atoms with E-state index >= 15 is 0 Å². The Bertz CT molecular complexity index is 480. The van der Waals surface area contributed by atoms with Crippen molar-refractivity contribution in [1.29, 1.82) is 0 Å². The molecule has 2 N–H and O–H groups in total. The largest absolute Gasteiger partial charge is 0.395 e. The number of aromatic nitrogens is 2. The Kier molecular flexibility index (Phi) is 4.88. The molecule has 0 aromatic carbocycles. The highest BCUT2D eigenvalue weighted by Gasteiger charge is 2.13. The van der Waals surface area contributed by atoms with Crippen LogP contribution in [0.15, 0.2) is 5.03 Å². The molecule has 7 heteroatoms. The molecule has 0 saturated heterocycles. The van der Waals surface area contributed by atoms with Gasteiger partial charge in [0, 0.05) is 19.1 Å². The molecule has 0 aliphatic carbocycles. The molecule has 0 atom stereocenters. The minimum absolute atomic E-state index is 0.158. The van der Waals surface area contributed by atoms with Crippen molar-refractivity contribution in [3.05, 3.63) is 5.69 Å². The molecule has 0 aliphatic heterocycles. The van der Waals surface area contributed by atoms with Gasteiger partial charge in [-0.05, 0) is 6.42 Å². The topological polar surface area (TPSA) is 78.0 Å². The van der Waals surface area contributed by atoms with Gasteiger partial charge >= 0.3 is 0 Å². The Hall–Kier alpha value is -0.690. The summed E-state index contributed by atoms with van der Waals surface area (Å²) in [5.74, 6) is 0.666. The predicted octanol–water partition coefficient (Wildman–Crippen LogP) is 1.09. The zero-order valence-electron chi connectivity index (χ0n) is 10.4. The van der Waals surface area contributed by atoms with Crippen LogP contribution in [0.2, 0.25) is 0 Å². The number of nitrogens with two attached hydrogens (primary N) is 1. The van der Waals surface area contributed by atoms with E-state index in [1.807, 2.05) is 7.05 Å². The highest BCUT2D eigenvalue weighted by atomic mass is 32.2. The quantitative estimate of drug-likeness (QED) is 0.788. The van der Waals surface area contributed by atoms with Crippen molar-refractivity contribution in [2.45, 2.75) is 24.8 Å². The maximum Gasteiger partial charge on any atom is 0.148 e. The fraction of sp³-hybridized carbons (Fsp3) is 0.700. The van der Waals surface area contributed by atoms with Gasteiger partial charge in [0.2, 0.25) is 0 Å². The Labute approximate surface area is 107 Å². The van der Waals surface area contributed by atoms with Gasteiger partial charge in [0.1, 0.15) is 14.9 Å². The van der Waals surface area contributed by atoms with E-state index in [2.05, 4.69) is 12.0 Å². The summed E-state index contributed by atoms with van der Waals surface area (Å²) >= 11 is 1.44. The van der Waals surface area contributed by atoms with E-state index in [0.717, 1.165) is 23.6 Å². The monoisotopic (exact) mass is 277 g/mol. The number of anilines is 1. The van der Waals surface area contributed by atoms with Crippen molar-refractivity contribution in [3.63, 3.8) is 0 Å². The zero-order chi connectivity index (χ0) is 13.1. The molecule has 1 aromatic heterocycles. The SMILES string of the molecule is CCCc1nn(C)c(SCCS(C)(=O)=O)c1N. The Morgan fingerprint density at radius 3 is 2.65 bits per heavy atom. The molecular formula is C10H19N3O2S2. The molecule has 0 spiro atoms. The number of sulfone groups is 1. The lowest BCUT2D eigenvalue weighted by Crippen LogP contribution is -2.06. The molecule has 98 valence electrons. The second-order valence-corrected chi connectivity index (χ2v) is 7.36. The summed E-state index contributed by atoms with van der Waals surface area (Å²) in [5.41, 5.74) is 7.57. The number of nitrogens with zero attached hydrogens (tertiary/aromatic N) is 2. The molecule has 0 unspecified atom stereocenters. The minimum atomic E-state index is -2.91. The fourth-order valence-corrected chi connectivity index (χ4v) is 3.70. The van der Waals surface area contributed by atoms with Gasteiger partial charge in [0.05, 0.1) is 17.1 Å². The van der Waals surface area contributed by atoms with Gasteiger partial charge in [-0.2, -0.15) is 5.10 Å². The van der Waals surface area contributed by atoms with Crippen molar-refractivity contribution in [1.82, 2.24) is 9.78 Å². The van der Waals surface area contributed by atoms with Gasteiger partial charge in [-0.1, -0.05) is 13.3 Å². The smallest absolute Gasteiger partial charge is 0.148 e. The Morgan fingerprint density at radius 2 is 2.12 bits per heavy atom. The Balaban J connectivity index is 2.71. The predicted molar refractivity (Wildman–Crippen MR) is 72.1 cm³/mol. The minimum Gasteiger partial charge on any atom is -0.395 e. The summed E-state index contributed by atoms with van der Waals surface area (Å²) < 4.78 is 23.8. The number of nitrogen functional groups attached to an aromatic ring is 1. The average molecular weight is 277 g/mol. The summed E-state index contributed by atoms with van der Waals surface area (Å²) in [4.78, 5) is 0. The third-order valence-corrected chi connectivity index (χ3v) is 4.66. The molecule has 1 aromatic rings. The van der Waals surface area contributed by atoms with E-state index in [9.17, 15) is 8.42 Å². The van der Waals surface area contributed by atoms with Gasteiger partial charge in [-0.3, -0.25) is 4.68 Å². The van der Waals surface area contributed by atoms with Crippen LogP contribution < -0.4 is 5.73 Å². The number of aryl methyl sites for hydroxylation is 2. The van der Waals surface area contributed by atoms with Gasteiger partial charge in [-0.25, -0.2) is 8.42 Å². The van der Waals surface area contributed by atoms with Crippen LogP contribution in [-0.2, 0) is 23.3 Å². The van der Waals surface area contributed by atoms with Crippen LogP contribution >= 0.6 is 11.8 Å². The van der Waals surface area contributed by atoms with Crippen LogP contribution in [0, 0.1) is 0 Å². The van der Waals surface area contributed by atoms with E-state index < -0.39 is 9.84 Å². The molecule has 1 rings (SSSR count). The third kappa shape index (κ3) is 4.23. The number of hydrogen-bond donors (Lipinski definition) is 1. The first-order valence-corrected chi connectivity index (χ1v) is 8.51. The van der Waals surface area contributed by atoms with Crippen molar-refractivity contribution < 1.29 is 8.42 Å². The van der Waals surface area contributed by atoms with Gasteiger partial charge in [-0.15, -0.1) is 11.8 Å². The lowest BCUT2D eigenvalue weighted by atomic mass is 10.2. The van der Waals surface area contributed by atoms with Crippen molar-refractivity contribution in [2.24, 2.45) is 7.05 Å². The van der Waals surface area contributed by atoms with E-state index in [1.54, 1.807) is 4.68 Å². The van der Waals surface area contributed by atoms with Gasteiger partial charge in [0.15, 0.2) is 0 Å². The first-order valence-electron chi connectivity index (χ1n) is 5.47. The van der Waals surface area contributed by atoms with E-state index in [1.165, 1.54) is 18.0 Å². The van der Waals surface area contributed by atoms with Crippen LogP contribution in [0.5, 0.6) is 0 Å². The van der Waals surface area contributed by atoms with Crippen LogP contribution in [0.3, 0.4) is 0 Å². The molecule has 0 aliphatic rings. The van der Waals surface area contributed by atoms with E-state index in [4.69, 9.17) is 5.73 Å². The maximum atomic E-state index is 11.0. The molecule has 1 heterocycles. The van der Waals surface area contributed by atoms with Gasteiger partial charge < -0.3 is 5.73 Å². The molecular weight excluding hydrogens is 258 g/mol. The summed E-state index contributed by atoms with van der Waals surface area (Å²) in [6.45, 7) is 2.07. The summed E-state index contributed by atoms with van der Waals surface area (Å²) in [5, 5.41) is 5.19. The molecule has 5 nitrogen and oxygen atoms in total. The fourth-order valence-electron chi connectivity index (χ4n) is 1.46. The van der Waals surface area contributed by atoms with Crippen LogP contribution in [0.4, 0.5) is 5.69 Å². The van der Waals surface area contributed by atoms with Crippen molar-refractivity contribution in [3.8, 4) is 0 Å². The van der Waals surface area contributed by atoms with Crippen molar-refractivity contribution in [2.75, 3.05) is 23.5 Å². The van der Waals surface area contributed by atoms with Crippen LogP contribution in [0.1, 0.15) is 19.0 Å². The molecule has 0 fully saturated rings. The highest BCUT2D eigenvalue weighted by Crippen LogP contribution is 2.28. The lowest BCUT2D eigenvalue weighted by Gasteiger charge is -2.02. The maximum absolute atomic E-state index is 11.0. The lowest BCUT2D eigenvalue weighted by molar-refractivity contribution is 0.603. The Morgan fingerprint density at radius 1 is 1.47 bits per heavy atom. The average Bonchev–Trinajstić information content (AvgIpc) is 2.44. The first-order chi connectivity index (χ1) is 7.85. The first kappa shape index (κ1) is 14.4. The van der Waals surface area contributed by atoms with Gasteiger partial charge in [0.25, 0.3) is 0 Å². The molecule has 0 amide bonds. The second kappa shape index (κ2) is 5.77. The number of thioether (sulfide) groups is 1. The second-order valence-electron chi connectivity index (χ2n) is 4.02. The molecule has 0 saturated carbocycles. The van der Waals surface area contributed by atoms with Crippen LogP contribution in [-0.4, -0.2) is 36.0 Å². The summed E-state index contributed by atoms with van der Waals surface area (Å²) in [6.07, 6.45) is 3.09.